The first kappa shape index (κ1) is 40.2. The second kappa shape index (κ2) is 17.6. The van der Waals surface area contributed by atoms with Gasteiger partial charge in [0.05, 0.1) is 18.8 Å². The van der Waals surface area contributed by atoms with Crippen molar-refractivity contribution in [3.63, 3.8) is 0 Å². The van der Waals surface area contributed by atoms with Gasteiger partial charge in [-0.25, -0.2) is 9.97 Å². The number of pyridine rings is 1. The summed E-state index contributed by atoms with van der Waals surface area (Å²) in [5.74, 6) is 13.9. The molecule has 1 fully saturated rings. The molecule has 7 rings (SSSR count). The maximum atomic E-state index is 13.1. The first-order valence-corrected chi connectivity index (χ1v) is 19.4. The minimum absolute atomic E-state index is 0.00535. The van der Waals surface area contributed by atoms with Crippen LogP contribution < -0.4 is 5.56 Å². The van der Waals surface area contributed by atoms with E-state index in [1.54, 1.807) is 53.1 Å². The Bertz CT molecular complexity index is 2500. The van der Waals surface area contributed by atoms with E-state index in [1.807, 2.05) is 68.4 Å². The number of ether oxygens (including phenoxy) is 1. The molecule has 58 heavy (non-hydrogen) atoms. The molecule has 4 N–H and O–H groups in total. The van der Waals surface area contributed by atoms with E-state index in [0.29, 0.717) is 17.6 Å². The van der Waals surface area contributed by atoms with Crippen LogP contribution in [0.1, 0.15) is 92.2 Å². The van der Waals surface area contributed by atoms with Crippen molar-refractivity contribution >= 4 is 0 Å². The number of rotatable bonds is 12. The van der Waals surface area contributed by atoms with Crippen LogP contribution in [0.5, 0.6) is 0 Å². The van der Waals surface area contributed by atoms with Gasteiger partial charge in [-0.2, -0.15) is 0 Å². The predicted molar refractivity (Wildman–Crippen MR) is 221 cm³/mol. The molecule has 296 valence electrons. The maximum Gasteiger partial charge on any atom is 0.253 e. The van der Waals surface area contributed by atoms with Gasteiger partial charge in [0.1, 0.15) is 42.7 Å². The Hall–Kier alpha value is -6.05. The normalized spacial score (nSPS) is 18.2. The lowest BCUT2D eigenvalue weighted by Gasteiger charge is -2.41. The summed E-state index contributed by atoms with van der Waals surface area (Å²) in [5.41, 5.74) is 5.81. The summed E-state index contributed by atoms with van der Waals surface area (Å²) in [6, 6.07) is 26.3. The van der Waals surface area contributed by atoms with Crippen LogP contribution >= 0.6 is 0 Å². The molecule has 11 heteroatoms. The molecule has 3 aromatic carbocycles. The maximum absolute atomic E-state index is 13.1. The number of aromatic nitrogens is 5. The van der Waals surface area contributed by atoms with Crippen LogP contribution in [-0.2, 0) is 11.5 Å². The Labute approximate surface area is 337 Å². The molecule has 0 spiro atoms. The molecule has 0 saturated heterocycles. The molecule has 0 aliphatic heterocycles. The number of imidazole rings is 2. The molecule has 0 unspecified atom stereocenters. The van der Waals surface area contributed by atoms with E-state index in [-0.39, 0.29) is 25.5 Å². The van der Waals surface area contributed by atoms with E-state index in [2.05, 4.69) is 57.9 Å². The molecule has 1 aliphatic carbocycles. The first-order valence-electron chi connectivity index (χ1n) is 19.4. The van der Waals surface area contributed by atoms with Crippen LogP contribution in [0, 0.1) is 23.7 Å². The van der Waals surface area contributed by atoms with Gasteiger partial charge in [-0.1, -0.05) is 72.2 Å². The third kappa shape index (κ3) is 9.22. The third-order valence-electron chi connectivity index (χ3n) is 10.6. The molecule has 11 nitrogen and oxygen atoms in total. The predicted octanol–water partition coefficient (Wildman–Crippen LogP) is 6.16. The van der Waals surface area contributed by atoms with E-state index in [4.69, 9.17) is 4.74 Å². The summed E-state index contributed by atoms with van der Waals surface area (Å²) < 4.78 is 11.0. The largest absolute Gasteiger partial charge is 0.393 e. The van der Waals surface area contributed by atoms with E-state index >= 15 is 0 Å². The number of aliphatic hydroxyl groups excluding tert-OH is 3. The second-order valence-corrected chi connectivity index (χ2v) is 15.0. The van der Waals surface area contributed by atoms with Gasteiger partial charge in [0.2, 0.25) is 0 Å². The van der Waals surface area contributed by atoms with Crippen molar-refractivity contribution in [1.82, 2.24) is 23.7 Å². The zero-order chi connectivity index (χ0) is 40.8. The van der Waals surface area contributed by atoms with Gasteiger partial charge in [-0.15, -0.1) is 0 Å². The average molecular weight is 778 g/mol. The average Bonchev–Trinajstić information content (AvgIpc) is 3.92. The number of hydrogen-bond acceptors (Lipinski definition) is 8. The van der Waals surface area contributed by atoms with Crippen molar-refractivity contribution in [2.24, 2.45) is 0 Å². The molecular weight excluding hydrogens is 731 g/mol. The summed E-state index contributed by atoms with van der Waals surface area (Å²) in [7, 11) is 0. The smallest absolute Gasteiger partial charge is 0.253 e. The van der Waals surface area contributed by atoms with Crippen molar-refractivity contribution < 1.29 is 25.2 Å². The Kier molecular flexibility index (Phi) is 12.2. The number of nitrogens with zero attached hydrogens (tertiary/aromatic N) is 5. The van der Waals surface area contributed by atoms with Gasteiger partial charge < -0.3 is 34.3 Å². The van der Waals surface area contributed by atoms with Crippen LogP contribution in [-0.4, -0.2) is 62.9 Å². The lowest BCUT2D eigenvalue weighted by molar-refractivity contribution is -0.0313. The Morgan fingerprint density at radius 3 is 1.74 bits per heavy atom. The van der Waals surface area contributed by atoms with Gasteiger partial charge >= 0.3 is 0 Å². The van der Waals surface area contributed by atoms with E-state index < -0.39 is 29.9 Å². The van der Waals surface area contributed by atoms with Crippen molar-refractivity contribution in [2.45, 2.75) is 76.2 Å². The van der Waals surface area contributed by atoms with Gasteiger partial charge in [-0.05, 0) is 97.7 Å². The van der Waals surface area contributed by atoms with Crippen LogP contribution in [0.4, 0.5) is 0 Å². The highest BCUT2D eigenvalue weighted by atomic mass is 16.5. The molecule has 1 saturated carbocycles. The molecule has 1 aliphatic rings. The molecule has 3 heterocycles. The summed E-state index contributed by atoms with van der Waals surface area (Å²) in [5, 5.41) is 40.3. The zero-order valence-corrected chi connectivity index (χ0v) is 32.7. The highest BCUT2D eigenvalue weighted by Crippen LogP contribution is 2.44. The summed E-state index contributed by atoms with van der Waals surface area (Å²) in [4.78, 5) is 21.8. The summed E-state index contributed by atoms with van der Waals surface area (Å²) in [6.07, 6.45) is 8.63. The standard InChI is InChI=1S/C47H47N5O6/c1-32(55)45-48-21-24-51(45)42(29-53)18-8-35-6-12-38(13-7-35)40-20-23-50(44(56)26-40)31-58-33(2)46-49-22-25-52(46)43(30-54)19-9-34-4-10-36(11-5-34)37-14-16-39(17-15-37)41-27-47(3,57)28-41/h4-7,10-17,20-26,32-33,41-43,53-55,57H,27-31H2,1-3H3/t32-,33-,41?,42-,43-,47?/m0/s1. The lowest BCUT2D eigenvalue weighted by Crippen LogP contribution is -2.39. The molecule has 0 radical (unpaired) electrons. The van der Waals surface area contributed by atoms with E-state index in [1.165, 1.54) is 10.1 Å². The van der Waals surface area contributed by atoms with Gasteiger partial charge in [-0.3, -0.25) is 9.36 Å². The van der Waals surface area contributed by atoms with E-state index in [0.717, 1.165) is 46.2 Å². The highest BCUT2D eigenvalue weighted by Gasteiger charge is 2.38. The molecule has 6 aromatic rings. The number of benzene rings is 3. The van der Waals surface area contributed by atoms with Crippen LogP contribution in [0.3, 0.4) is 0 Å². The Morgan fingerprint density at radius 2 is 1.24 bits per heavy atom. The molecule has 0 bridgehead atoms. The van der Waals surface area contributed by atoms with Crippen molar-refractivity contribution in [3.05, 3.63) is 155 Å². The molecule has 4 atom stereocenters. The first-order chi connectivity index (χ1) is 28.0. The fourth-order valence-electron chi connectivity index (χ4n) is 7.29. The summed E-state index contributed by atoms with van der Waals surface area (Å²) in [6.45, 7) is 4.88. The molecule has 0 amide bonds. The van der Waals surface area contributed by atoms with Gasteiger partial charge in [0.15, 0.2) is 0 Å². The second-order valence-electron chi connectivity index (χ2n) is 15.0. The van der Waals surface area contributed by atoms with Crippen molar-refractivity contribution in [1.29, 1.82) is 0 Å². The van der Waals surface area contributed by atoms with E-state index in [9.17, 15) is 25.2 Å². The van der Waals surface area contributed by atoms with Gasteiger partial charge in [0.25, 0.3) is 5.56 Å². The topological polar surface area (TPSA) is 148 Å². The lowest BCUT2D eigenvalue weighted by atomic mass is 9.69. The monoisotopic (exact) mass is 777 g/mol. The molecule has 3 aromatic heterocycles. The fourth-order valence-corrected chi connectivity index (χ4v) is 7.29. The van der Waals surface area contributed by atoms with Crippen LogP contribution in [0.2, 0.25) is 0 Å². The fraction of sp³-hybridized carbons (Fsp3) is 0.298. The van der Waals surface area contributed by atoms with Gasteiger partial charge in [0, 0.05) is 48.2 Å². The Balaban J connectivity index is 0.949. The zero-order valence-electron chi connectivity index (χ0n) is 32.7. The highest BCUT2D eigenvalue weighted by molar-refractivity contribution is 5.65. The SMILES string of the molecule is C[C@H](O)c1nccn1[C@@H](C#Cc1ccc(-c2ccn(CO[C@@H](C)c3nccn3[C@@H](C#Cc3ccc(-c4ccc(C5CC(C)(O)C5)cc4)cc3)CO)c(=O)c2)cc1)CO. The quantitative estimate of drug-likeness (QED) is 0.108. The summed E-state index contributed by atoms with van der Waals surface area (Å²) >= 11 is 0. The van der Waals surface area contributed by atoms with Crippen LogP contribution in [0.25, 0.3) is 22.3 Å². The van der Waals surface area contributed by atoms with Crippen molar-refractivity contribution in [2.75, 3.05) is 13.2 Å². The minimum Gasteiger partial charge on any atom is -0.393 e. The third-order valence-corrected chi connectivity index (χ3v) is 10.6. The van der Waals surface area contributed by atoms with Crippen molar-refractivity contribution in [3.8, 4) is 45.9 Å². The number of hydrogen-bond donors (Lipinski definition) is 4. The molecular formula is C47H47N5O6. The van der Waals surface area contributed by atoms with Crippen LogP contribution in [0.15, 0.2) is 121 Å². The Morgan fingerprint density at radius 1 is 0.741 bits per heavy atom. The minimum atomic E-state index is -0.791. The number of aliphatic hydroxyl groups is 4.